The van der Waals surface area contributed by atoms with Gasteiger partial charge in [-0.05, 0) is 43.2 Å². The van der Waals surface area contributed by atoms with E-state index in [2.05, 4.69) is 5.32 Å². The Morgan fingerprint density at radius 3 is 2.37 bits per heavy atom. The lowest BCUT2D eigenvalue weighted by Crippen LogP contribution is -2.32. The molecule has 7 nitrogen and oxygen atoms in total. The Morgan fingerprint density at radius 1 is 0.933 bits per heavy atom. The molecule has 1 N–H and O–H groups in total. The van der Waals surface area contributed by atoms with Crippen molar-refractivity contribution >= 4 is 33.2 Å². The SMILES string of the molecule is O=C(Nc1ccc2c(c1)OCCO2)c1ccc(Cl)c(S(=O)(=O)N2CCCCCC2)c1. The molecule has 2 heterocycles. The van der Waals surface area contributed by atoms with Crippen LogP contribution in [-0.2, 0) is 10.0 Å². The Balaban J connectivity index is 1.57. The number of rotatable bonds is 4. The molecular formula is C21H23ClN2O5S. The predicted molar refractivity (Wildman–Crippen MR) is 114 cm³/mol. The van der Waals surface area contributed by atoms with Crippen molar-refractivity contribution in [3.05, 3.63) is 47.0 Å². The molecule has 2 aromatic rings. The van der Waals surface area contributed by atoms with E-state index in [1.165, 1.54) is 22.5 Å². The average Bonchev–Trinajstić information content (AvgIpc) is 3.04. The van der Waals surface area contributed by atoms with Crippen molar-refractivity contribution < 1.29 is 22.7 Å². The zero-order valence-corrected chi connectivity index (χ0v) is 18.0. The fraction of sp³-hybridized carbons (Fsp3) is 0.381. The van der Waals surface area contributed by atoms with E-state index in [-0.39, 0.29) is 15.5 Å². The first kappa shape index (κ1) is 21.0. The van der Waals surface area contributed by atoms with Crippen molar-refractivity contribution in [1.82, 2.24) is 4.31 Å². The number of anilines is 1. The molecule has 0 radical (unpaired) electrons. The summed E-state index contributed by atoms with van der Waals surface area (Å²) in [5, 5.41) is 2.88. The normalized spacial score (nSPS) is 17.2. The van der Waals surface area contributed by atoms with E-state index in [0.29, 0.717) is 43.5 Å². The second kappa shape index (κ2) is 8.83. The summed E-state index contributed by atoms with van der Waals surface area (Å²) in [4.78, 5) is 12.7. The first-order chi connectivity index (χ1) is 14.4. The van der Waals surface area contributed by atoms with E-state index in [1.54, 1.807) is 18.2 Å². The van der Waals surface area contributed by atoms with Crippen LogP contribution in [0.3, 0.4) is 0 Å². The van der Waals surface area contributed by atoms with E-state index in [0.717, 1.165) is 25.7 Å². The maximum absolute atomic E-state index is 13.1. The fourth-order valence-corrected chi connectivity index (χ4v) is 5.61. The topological polar surface area (TPSA) is 84.9 Å². The van der Waals surface area contributed by atoms with Crippen LogP contribution in [0.1, 0.15) is 36.0 Å². The maximum atomic E-state index is 13.1. The smallest absolute Gasteiger partial charge is 0.255 e. The molecule has 9 heteroatoms. The van der Waals surface area contributed by atoms with Gasteiger partial charge in [0.25, 0.3) is 5.91 Å². The minimum atomic E-state index is -3.77. The number of hydrogen-bond acceptors (Lipinski definition) is 5. The Bertz CT molecular complexity index is 1050. The molecule has 2 aliphatic rings. The molecule has 1 fully saturated rings. The van der Waals surface area contributed by atoms with Gasteiger partial charge < -0.3 is 14.8 Å². The van der Waals surface area contributed by atoms with Gasteiger partial charge in [-0.1, -0.05) is 24.4 Å². The van der Waals surface area contributed by atoms with Gasteiger partial charge in [0.05, 0.1) is 5.02 Å². The number of fused-ring (bicyclic) bond motifs is 1. The molecule has 0 saturated carbocycles. The van der Waals surface area contributed by atoms with Gasteiger partial charge >= 0.3 is 0 Å². The minimum Gasteiger partial charge on any atom is -0.486 e. The van der Waals surface area contributed by atoms with Gasteiger partial charge in [-0.25, -0.2) is 8.42 Å². The highest BCUT2D eigenvalue weighted by Crippen LogP contribution is 2.33. The quantitative estimate of drug-likeness (QED) is 0.762. The molecule has 30 heavy (non-hydrogen) atoms. The lowest BCUT2D eigenvalue weighted by molar-refractivity contribution is 0.102. The number of nitrogens with zero attached hydrogens (tertiary/aromatic N) is 1. The molecule has 4 rings (SSSR count). The molecule has 1 saturated heterocycles. The minimum absolute atomic E-state index is 0.0408. The van der Waals surface area contributed by atoms with Gasteiger partial charge in [0.2, 0.25) is 10.0 Å². The number of nitrogens with one attached hydrogen (secondary N) is 1. The first-order valence-corrected chi connectivity index (χ1v) is 11.8. The summed E-state index contributed by atoms with van der Waals surface area (Å²) in [7, 11) is -3.77. The van der Waals surface area contributed by atoms with Crippen molar-refractivity contribution in [3.63, 3.8) is 0 Å². The summed E-state index contributed by atoms with van der Waals surface area (Å²) >= 11 is 6.22. The van der Waals surface area contributed by atoms with Crippen LogP contribution in [0.5, 0.6) is 11.5 Å². The number of amides is 1. The van der Waals surface area contributed by atoms with Crippen LogP contribution in [0, 0.1) is 0 Å². The van der Waals surface area contributed by atoms with Gasteiger partial charge in [0, 0.05) is 30.4 Å². The third-order valence-electron chi connectivity index (χ3n) is 5.18. The maximum Gasteiger partial charge on any atom is 0.255 e. The summed E-state index contributed by atoms with van der Waals surface area (Å²) in [6.45, 7) is 1.86. The zero-order valence-electron chi connectivity index (χ0n) is 16.4. The van der Waals surface area contributed by atoms with Crippen molar-refractivity contribution in [3.8, 4) is 11.5 Å². The second-order valence-corrected chi connectivity index (χ2v) is 9.59. The van der Waals surface area contributed by atoms with E-state index >= 15 is 0 Å². The Kier molecular flexibility index (Phi) is 6.17. The molecule has 2 aliphatic heterocycles. The second-order valence-electron chi connectivity index (χ2n) is 7.28. The number of halogens is 1. The van der Waals surface area contributed by atoms with Gasteiger partial charge in [0.15, 0.2) is 11.5 Å². The highest BCUT2D eigenvalue weighted by molar-refractivity contribution is 7.89. The number of hydrogen-bond donors (Lipinski definition) is 1. The van der Waals surface area contributed by atoms with Crippen LogP contribution < -0.4 is 14.8 Å². The van der Waals surface area contributed by atoms with Crippen LogP contribution in [-0.4, -0.2) is 44.9 Å². The number of carbonyl (C=O) groups is 1. The highest BCUT2D eigenvalue weighted by atomic mass is 35.5. The van der Waals surface area contributed by atoms with Gasteiger partial charge in [-0.2, -0.15) is 4.31 Å². The largest absolute Gasteiger partial charge is 0.486 e. The summed E-state index contributed by atoms with van der Waals surface area (Å²) in [6.07, 6.45) is 3.66. The van der Waals surface area contributed by atoms with Gasteiger partial charge in [-0.15, -0.1) is 0 Å². The average molecular weight is 451 g/mol. The number of benzene rings is 2. The summed E-state index contributed by atoms with van der Waals surface area (Å²) in [5.74, 6) is 0.742. The molecular weight excluding hydrogens is 428 g/mol. The first-order valence-electron chi connectivity index (χ1n) is 9.96. The zero-order chi connectivity index (χ0) is 21.1. The molecule has 1 amide bonds. The summed E-state index contributed by atoms with van der Waals surface area (Å²) in [6, 6.07) is 9.41. The van der Waals surface area contributed by atoms with E-state index in [4.69, 9.17) is 21.1 Å². The van der Waals surface area contributed by atoms with Crippen molar-refractivity contribution in [2.45, 2.75) is 30.6 Å². The predicted octanol–water partition coefficient (Wildman–Crippen LogP) is 3.93. The van der Waals surface area contributed by atoms with Crippen LogP contribution >= 0.6 is 11.6 Å². The molecule has 0 atom stereocenters. The highest BCUT2D eigenvalue weighted by Gasteiger charge is 2.28. The molecule has 0 bridgehead atoms. The molecule has 0 unspecified atom stereocenters. The molecule has 2 aromatic carbocycles. The van der Waals surface area contributed by atoms with Crippen LogP contribution in [0.4, 0.5) is 5.69 Å². The van der Waals surface area contributed by atoms with Gasteiger partial charge in [0.1, 0.15) is 18.1 Å². The summed E-state index contributed by atoms with van der Waals surface area (Å²) < 4.78 is 38.7. The number of ether oxygens (including phenoxy) is 2. The third kappa shape index (κ3) is 4.40. The number of sulfonamides is 1. The van der Waals surface area contributed by atoms with Gasteiger partial charge in [-0.3, -0.25) is 4.79 Å². The van der Waals surface area contributed by atoms with Crippen LogP contribution in [0.25, 0.3) is 0 Å². The van der Waals surface area contributed by atoms with Crippen molar-refractivity contribution in [1.29, 1.82) is 0 Å². The number of carbonyl (C=O) groups excluding carboxylic acids is 1. The molecule has 0 aromatic heterocycles. The Morgan fingerprint density at radius 2 is 1.63 bits per heavy atom. The molecule has 0 spiro atoms. The van der Waals surface area contributed by atoms with E-state index in [9.17, 15) is 13.2 Å². The van der Waals surface area contributed by atoms with Crippen molar-refractivity contribution in [2.75, 3.05) is 31.6 Å². The lowest BCUT2D eigenvalue weighted by Gasteiger charge is -2.21. The molecule has 0 aliphatic carbocycles. The van der Waals surface area contributed by atoms with E-state index in [1.807, 2.05) is 0 Å². The lowest BCUT2D eigenvalue weighted by atomic mass is 10.2. The molecule has 160 valence electrons. The van der Waals surface area contributed by atoms with Crippen LogP contribution in [0.2, 0.25) is 5.02 Å². The van der Waals surface area contributed by atoms with E-state index < -0.39 is 15.9 Å². The fourth-order valence-electron chi connectivity index (χ4n) is 3.59. The third-order valence-corrected chi connectivity index (χ3v) is 7.56. The van der Waals surface area contributed by atoms with Crippen LogP contribution in [0.15, 0.2) is 41.3 Å². The Labute approximate surface area is 181 Å². The Hall–Kier alpha value is -2.29. The monoisotopic (exact) mass is 450 g/mol. The summed E-state index contributed by atoms with van der Waals surface area (Å²) in [5.41, 5.74) is 0.735. The van der Waals surface area contributed by atoms with Crippen molar-refractivity contribution in [2.24, 2.45) is 0 Å². The standard InChI is InChI=1S/C21H23ClN2O5S/c22-17-7-5-15(13-20(17)30(26,27)24-9-3-1-2-4-10-24)21(25)23-16-6-8-18-19(14-16)29-12-11-28-18/h5-8,13-14H,1-4,9-12H2,(H,23,25).